The second kappa shape index (κ2) is 5.97. The van der Waals surface area contributed by atoms with Crippen LogP contribution in [0, 0.1) is 6.92 Å². The maximum atomic E-state index is 12.1. The van der Waals surface area contributed by atoms with Crippen LogP contribution in [0.5, 0.6) is 0 Å². The van der Waals surface area contributed by atoms with Crippen molar-refractivity contribution < 1.29 is 4.79 Å². The van der Waals surface area contributed by atoms with Gasteiger partial charge in [-0.1, -0.05) is 36.8 Å². The Morgan fingerprint density at radius 1 is 1.37 bits per heavy atom. The number of carbonyl (C=O) groups is 1. The van der Waals surface area contributed by atoms with E-state index in [1.807, 2.05) is 26.0 Å². The molecule has 0 aliphatic carbocycles. The topological polar surface area (TPSA) is 42.0 Å². The van der Waals surface area contributed by atoms with Crippen molar-refractivity contribution in [2.45, 2.75) is 33.2 Å². The third-order valence-corrected chi connectivity index (χ3v) is 4.15. The van der Waals surface area contributed by atoms with Crippen LogP contribution in [0.4, 0.5) is 0 Å². The Kier molecular flexibility index (Phi) is 4.32. The molecule has 1 unspecified atom stereocenters. The number of hydrogen-bond donors (Lipinski definition) is 1. The maximum absolute atomic E-state index is 12.1. The molecule has 1 N–H and O–H groups in total. The van der Waals surface area contributed by atoms with Gasteiger partial charge < -0.3 is 5.32 Å². The van der Waals surface area contributed by atoms with Gasteiger partial charge in [0, 0.05) is 0 Å². The first-order valence-corrected chi connectivity index (χ1v) is 7.24. The number of benzene rings is 1. The Morgan fingerprint density at radius 3 is 2.63 bits per heavy atom. The van der Waals surface area contributed by atoms with Crippen LogP contribution in [0.15, 0.2) is 30.5 Å². The summed E-state index contributed by atoms with van der Waals surface area (Å²) in [5, 5.41) is 3.99. The van der Waals surface area contributed by atoms with E-state index in [0.717, 1.165) is 17.0 Å². The van der Waals surface area contributed by atoms with E-state index in [2.05, 4.69) is 29.4 Å². The van der Waals surface area contributed by atoms with Crippen molar-refractivity contribution >= 4 is 17.2 Å². The van der Waals surface area contributed by atoms with Crippen LogP contribution >= 0.6 is 11.3 Å². The van der Waals surface area contributed by atoms with Crippen molar-refractivity contribution in [3.8, 4) is 0 Å². The number of thiazole rings is 1. The summed E-state index contributed by atoms with van der Waals surface area (Å²) in [5.41, 5.74) is 2.33. The van der Waals surface area contributed by atoms with Crippen molar-refractivity contribution in [1.82, 2.24) is 10.3 Å². The summed E-state index contributed by atoms with van der Waals surface area (Å²) >= 11 is 1.46. The molecule has 1 atom stereocenters. The van der Waals surface area contributed by atoms with Gasteiger partial charge >= 0.3 is 0 Å². The summed E-state index contributed by atoms with van der Waals surface area (Å²) in [5.74, 6) is -0.0507. The van der Waals surface area contributed by atoms with E-state index in [4.69, 9.17) is 0 Å². The Morgan fingerprint density at radius 2 is 2.05 bits per heavy atom. The molecule has 1 amide bonds. The molecule has 3 nitrogen and oxygen atoms in total. The lowest BCUT2D eigenvalue weighted by Gasteiger charge is -2.13. The minimum Gasteiger partial charge on any atom is -0.345 e. The molecular weight excluding hydrogens is 256 g/mol. The van der Waals surface area contributed by atoms with E-state index < -0.39 is 0 Å². The minimum absolute atomic E-state index is 0.000256. The summed E-state index contributed by atoms with van der Waals surface area (Å²) in [7, 11) is 0. The van der Waals surface area contributed by atoms with Crippen molar-refractivity contribution in [1.29, 1.82) is 0 Å². The SMILES string of the molecule is CCc1ncc(C(=O)NC(C)c2ccc(C)cc2)s1. The third kappa shape index (κ3) is 3.41. The van der Waals surface area contributed by atoms with Gasteiger partial charge in [-0.3, -0.25) is 4.79 Å². The van der Waals surface area contributed by atoms with Gasteiger partial charge in [0.05, 0.1) is 17.2 Å². The van der Waals surface area contributed by atoms with E-state index in [1.54, 1.807) is 6.20 Å². The molecule has 1 aromatic carbocycles. The largest absolute Gasteiger partial charge is 0.345 e. The number of amides is 1. The molecule has 0 fully saturated rings. The number of nitrogens with zero attached hydrogens (tertiary/aromatic N) is 1. The minimum atomic E-state index is -0.0507. The number of rotatable bonds is 4. The first kappa shape index (κ1) is 13.7. The summed E-state index contributed by atoms with van der Waals surface area (Å²) in [4.78, 5) is 17.0. The highest BCUT2D eigenvalue weighted by molar-refractivity contribution is 7.13. The predicted molar refractivity (Wildman–Crippen MR) is 78.6 cm³/mol. The zero-order valence-electron chi connectivity index (χ0n) is 11.4. The smallest absolute Gasteiger partial charge is 0.263 e. The molecule has 0 aliphatic heterocycles. The second-order valence-corrected chi connectivity index (χ2v) is 5.69. The fourth-order valence-corrected chi connectivity index (χ4v) is 2.55. The Balaban J connectivity index is 2.04. The highest BCUT2D eigenvalue weighted by atomic mass is 32.1. The van der Waals surface area contributed by atoms with Gasteiger partial charge in [-0.15, -0.1) is 11.3 Å². The lowest BCUT2D eigenvalue weighted by Crippen LogP contribution is -2.25. The van der Waals surface area contributed by atoms with Gasteiger partial charge in [-0.25, -0.2) is 4.98 Å². The van der Waals surface area contributed by atoms with E-state index in [-0.39, 0.29) is 11.9 Å². The Hall–Kier alpha value is -1.68. The van der Waals surface area contributed by atoms with E-state index in [1.165, 1.54) is 16.9 Å². The zero-order valence-corrected chi connectivity index (χ0v) is 12.3. The van der Waals surface area contributed by atoms with Crippen LogP contribution in [0.25, 0.3) is 0 Å². The number of carbonyl (C=O) groups excluding carboxylic acids is 1. The quantitative estimate of drug-likeness (QED) is 0.927. The number of aromatic nitrogens is 1. The highest BCUT2D eigenvalue weighted by Crippen LogP contribution is 2.17. The summed E-state index contributed by atoms with van der Waals surface area (Å²) in [6.07, 6.45) is 2.52. The zero-order chi connectivity index (χ0) is 13.8. The number of nitrogens with one attached hydrogen (secondary N) is 1. The van der Waals surface area contributed by atoms with Crippen molar-refractivity contribution in [2.75, 3.05) is 0 Å². The molecule has 2 aromatic rings. The monoisotopic (exact) mass is 274 g/mol. The normalized spacial score (nSPS) is 12.2. The Labute approximate surface area is 117 Å². The third-order valence-electron chi connectivity index (χ3n) is 3.00. The predicted octanol–water partition coefficient (Wildman–Crippen LogP) is 3.50. The fourth-order valence-electron chi connectivity index (χ4n) is 1.78. The molecule has 1 aromatic heterocycles. The van der Waals surface area contributed by atoms with Crippen LogP contribution in [-0.4, -0.2) is 10.9 Å². The summed E-state index contributed by atoms with van der Waals surface area (Å²) < 4.78 is 0. The average molecular weight is 274 g/mol. The van der Waals surface area contributed by atoms with Crippen LogP contribution in [0.2, 0.25) is 0 Å². The fraction of sp³-hybridized carbons (Fsp3) is 0.333. The second-order valence-electron chi connectivity index (χ2n) is 4.58. The average Bonchev–Trinajstić information content (AvgIpc) is 2.88. The van der Waals surface area contributed by atoms with Gasteiger partial charge in [0.15, 0.2) is 0 Å². The van der Waals surface area contributed by atoms with Crippen molar-refractivity contribution in [3.63, 3.8) is 0 Å². The first-order chi connectivity index (χ1) is 9.10. The summed E-state index contributed by atoms with van der Waals surface area (Å²) in [6.45, 7) is 6.08. The lowest BCUT2D eigenvalue weighted by atomic mass is 10.1. The molecule has 0 saturated carbocycles. The molecule has 0 spiro atoms. The molecule has 4 heteroatoms. The van der Waals surface area contributed by atoms with E-state index >= 15 is 0 Å². The van der Waals surface area contributed by atoms with Gasteiger partial charge in [0.2, 0.25) is 0 Å². The number of aryl methyl sites for hydroxylation is 2. The van der Waals surface area contributed by atoms with Gasteiger partial charge in [0.25, 0.3) is 5.91 Å². The van der Waals surface area contributed by atoms with Gasteiger partial charge in [0.1, 0.15) is 4.88 Å². The molecule has 0 radical (unpaired) electrons. The molecule has 0 aliphatic rings. The molecule has 2 rings (SSSR count). The van der Waals surface area contributed by atoms with Crippen molar-refractivity contribution in [3.05, 3.63) is 51.5 Å². The molecule has 19 heavy (non-hydrogen) atoms. The molecule has 1 heterocycles. The van der Waals surface area contributed by atoms with Crippen LogP contribution in [-0.2, 0) is 6.42 Å². The lowest BCUT2D eigenvalue weighted by molar-refractivity contribution is 0.0944. The molecule has 100 valence electrons. The molecule has 0 bridgehead atoms. The standard InChI is InChI=1S/C15H18N2OS/c1-4-14-16-9-13(19-14)15(18)17-11(3)12-7-5-10(2)6-8-12/h5-9,11H,4H2,1-3H3,(H,17,18). The summed E-state index contributed by atoms with van der Waals surface area (Å²) in [6, 6.07) is 8.20. The molecule has 0 saturated heterocycles. The van der Waals surface area contributed by atoms with E-state index in [9.17, 15) is 4.79 Å². The highest BCUT2D eigenvalue weighted by Gasteiger charge is 2.13. The molecular formula is C15H18N2OS. The van der Waals surface area contributed by atoms with Crippen molar-refractivity contribution in [2.24, 2.45) is 0 Å². The van der Waals surface area contributed by atoms with Crippen LogP contribution in [0.1, 0.15) is 45.7 Å². The van der Waals surface area contributed by atoms with Gasteiger partial charge in [-0.05, 0) is 25.8 Å². The van der Waals surface area contributed by atoms with Gasteiger partial charge in [-0.2, -0.15) is 0 Å². The van der Waals surface area contributed by atoms with Crippen LogP contribution < -0.4 is 5.32 Å². The number of hydrogen-bond acceptors (Lipinski definition) is 3. The maximum Gasteiger partial charge on any atom is 0.263 e. The Bertz CT molecular complexity index is 560. The van der Waals surface area contributed by atoms with E-state index in [0.29, 0.717) is 4.88 Å². The first-order valence-electron chi connectivity index (χ1n) is 6.42. The van der Waals surface area contributed by atoms with Crippen LogP contribution in [0.3, 0.4) is 0 Å².